The van der Waals surface area contributed by atoms with Gasteiger partial charge in [-0.25, -0.2) is 0 Å². The van der Waals surface area contributed by atoms with Gasteiger partial charge in [0.2, 0.25) is 0 Å². The Labute approximate surface area is 126 Å². The number of benzene rings is 1. The molecule has 0 aliphatic heterocycles. The molecule has 2 unspecified atom stereocenters. The van der Waals surface area contributed by atoms with Gasteiger partial charge in [0.1, 0.15) is 5.76 Å². The highest BCUT2D eigenvalue weighted by molar-refractivity contribution is 6.30. The zero-order valence-electron chi connectivity index (χ0n) is 12.1. The Morgan fingerprint density at radius 2 is 1.95 bits per heavy atom. The minimum Gasteiger partial charge on any atom is -0.469 e. The van der Waals surface area contributed by atoms with Gasteiger partial charge in [0.05, 0.1) is 6.26 Å². The van der Waals surface area contributed by atoms with Crippen LogP contribution in [0.3, 0.4) is 0 Å². The molecule has 108 valence electrons. The number of nitrogens with one attached hydrogen (secondary N) is 1. The van der Waals surface area contributed by atoms with Crippen LogP contribution in [0.25, 0.3) is 0 Å². The van der Waals surface area contributed by atoms with Gasteiger partial charge in [-0.15, -0.1) is 0 Å². The molecule has 0 spiro atoms. The average Bonchev–Trinajstić information content (AvgIpc) is 2.97. The molecule has 0 saturated heterocycles. The highest BCUT2D eigenvalue weighted by Crippen LogP contribution is 2.20. The Bertz CT molecular complexity index is 492. The van der Waals surface area contributed by atoms with E-state index in [-0.39, 0.29) is 0 Å². The highest BCUT2D eigenvalue weighted by Gasteiger charge is 2.12. The smallest absolute Gasteiger partial charge is 0.103 e. The third-order valence-electron chi connectivity index (χ3n) is 3.57. The topological polar surface area (TPSA) is 25.2 Å². The fourth-order valence-electron chi connectivity index (χ4n) is 2.39. The van der Waals surface area contributed by atoms with Crippen LogP contribution in [0, 0.1) is 0 Å². The van der Waals surface area contributed by atoms with Gasteiger partial charge in [-0.3, -0.25) is 0 Å². The summed E-state index contributed by atoms with van der Waals surface area (Å²) in [6.45, 7) is 4.42. The van der Waals surface area contributed by atoms with Crippen molar-refractivity contribution in [3.63, 3.8) is 0 Å². The van der Waals surface area contributed by atoms with Crippen molar-refractivity contribution in [2.45, 2.75) is 45.2 Å². The van der Waals surface area contributed by atoms with Crippen molar-refractivity contribution in [3.8, 4) is 0 Å². The first-order valence-electron chi connectivity index (χ1n) is 7.23. The molecule has 0 aliphatic rings. The van der Waals surface area contributed by atoms with Crippen LogP contribution in [0.15, 0.2) is 47.1 Å². The molecule has 2 atom stereocenters. The monoisotopic (exact) mass is 291 g/mol. The summed E-state index contributed by atoms with van der Waals surface area (Å²) in [4.78, 5) is 0. The summed E-state index contributed by atoms with van der Waals surface area (Å²) < 4.78 is 5.37. The maximum Gasteiger partial charge on any atom is 0.103 e. The van der Waals surface area contributed by atoms with Crippen LogP contribution < -0.4 is 5.32 Å². The molecule has 0 bridgehead atoms. The molecule has 1 heterocycles. The zero-order chi connectivity index (χ0) is 14.4. The third-order valence-corrected chi connectivity index (χ3v) is 3.82. The first kappa shape index (κ1) is 15.1. The molecular formula is C17H22ClNO. The normalized spacial score (nSPS) is 14.2. The van der Waals surface area contributed by atoms with Crippen molar-refractivity contribution in [2.75, 3.05) is 0 Å². The SMILES string of the molecule is CCC(NC(C)CCc1ccco1)c1ccc(Cl)cc1. The van der Waals surface area contributed by atoms with Crippen molar-refractivity contribution >= 4 is 11.6 Å². The maximum absolute atomic E-state index is 5.94. The second-order valence-corrected chi connectivity index (χ2v) is 5.63. The molecule has 1 aromatic carbocycles. The Kier molecular flexibility index (Phi) is 5.69. The van der Waals surface area contributed by atoms with Crippen LogP contribution >= 0.6 is 11.6 Å². The van der Waals surface area contributed by atoms with E-state index in [1.807, 2.05) is 24.3 Å². The number of hydrogen-bond donors (Lipinski definition) is 1. The van der Waals surface area contributed by atoms with Gasteiger partial charge in [-0.2, -0.15) is 0 Å². The van der Waals surface area contributed by atoms with Gasteiger partial charge in [0.25, 0.3) is 0 Å². The van der Waals surface area contributed by atoms with Gasteiger partial charge in [-0.05, 0) is 49.6 Å². The molecule has 3 heteroatoms. The molecule has 1 aromatic heterocycles. The molecule has 0 radical (unpaired) electrons. The summed E-state index contributed by atoms with van der Waals surface area (Å²) in [7, 11) is 0. The summed E-state index contributed by atoms with van der Waals surface area (Å²) in [5.74, 6) is 1.05. The lowest BCUT2D eigenvalue weighted by molar-refractivity contribution is 0.411. The van der Waals surface area contributed by atoms with Crippen LogP contribution in [0.2, 0.25) is 5.02 Å². The Hall–Kier alpha value is -1.25. The second kappa shape index (κ2) is 7.51. The zero-order valence-corrected chi connectivity index (χ0v) is 12.9. The van der Waals surface area contributed by atoms with Crippen molar-refractivity contribution in [1.82, 2.24) is 5.32 Å². The Morgan fingerprint density at radius 3 is 2.55 bits per heavy atom. The number of rotatable bonds is 7. The molecule has 2 aromatic rings. The largest absolute Gasteiger partial charge is 0.469 e. The van der Waals surface area contributed by atoms with Crippen molar-refractivity contribution in [1.29, 1.82) is 0 Å². The minimum absolute atomic E-state index is 0.374. The molecule has 0 amide bonds. The quantitative estimate of drug-likeness (QED) is 0.777. The first-order valence-corrected chi connectivity index (χ1v) is 7.60. The van der Waals surface area contributed by atoms with Crippen molar-refractivity contribution in [3.05, 3.63) is 59.0 Å². The fourth-order valence-corrected chi connectivity index (χ4v) is 2.51. The van der Waals surface area contributed by atoms with Crippen LogP contribution in [-0.2, 0) is 6.42 Å². The number of furan rings is 1. The van der Waals surface area contributed by atoms with Gasteiger partial charge in [0, 0.05) is 23.5 Å². The van der Waals surface area contributed by atoms with Crippen LogP contribution in [0.1, 0.15) is 44.1 Å². The Balaban J connectivity index is 1.87. The summed E-state index contributed by atoms with van der Waals surface area (Å²) in [5.41, 5.74) is 1.29. The van der Waals surface area contributed by atoms with Gasteiger partial charge >= 0.3 is 0 Å². The highest BCUT2D eigenvalue weighted by atomic mass is 35.5. The molecule has 0 saturated carbocycles. The molecule has 2 rings (SSSR count). The lowest BCUT2D eigenvalue weighted by Crippen LogP contribution is -2.30. The number of halogens is 1. The molecule has 0 aliphatic carbocycles. The van der Waals surface area contributed by atoms with Gasteiger partial charge < -0.3 is 9.73 Å². The van der Waals surface area contributed by atoms with E-state index in [0.29, 0.717) is 12.1 Å². The first-order chi connectivity index (χ1) is 9.69. The van der Waals surface area contributed by atoms with E-state index in [2.05, 4.69) is 31.3 Å². The predicted octanol–water partition coefficient (Wildman–Crippen LogP) is 5.00. The number of aryl methyl sites for hydroxylation is 1. The standard InChI is InChI=1S/C17H22ClNO/c1-3-17(14-7-9-15(18)10-8-14)19-13(2)6-11-16-5-4-12-20-16/h4-5,7-10,12-13,17,19H,3,6,11H2,1-2H3. The lowest BCUT2D eigenvalue weighted by atomic mass is 10.0. The van der Waals surface area contributed by atoms with Crippen LogP contribution in [0.5, 0.6) is 0 Å². The van der Waals surface area contributed by atoms with Crippen molar-refractivity contribution < 1.29 is 4.42 Å². The van der Waals surface area contributed by atoms with Gasteiger partial charge in [-0.1, -0.05) is 30.7 Å². The van der Waals surface area contributed by atoms with Crippen LogP contribution in [0.4, 0.5) is 0 Å². The van der Waals surface area contributed by atoms with Crippen molar-refractivity contribution in [2.24, 2.45) is 0 Å². The van der Waals surface area contributed by atoms with E-state index in [0.717, 1.165) is 30.0 Å². The predicted molar refractivity (Wildman–Crippen MR) is 84.1 cm³/mol. The van der Waals surface area contributed by atoms with Crippen LogP contribution in [-0.4, -0.2) is 6.04 Å². The second-order valence-electron chi connectivity index (χ2n) is 5.20. The summed E-state index contributed by atoms with van der Waals surface area (Å²) in [5, 5.41) is 4.47. The van der Waals surface area contributed by atoms with E-state index in [1.165, 1.54) is 5.56 Å². The maximum atomic E-state index is 5.94. The molecule has 20 heavy (non-hydrogen) atoms. The van der Waals surface area contributed by atoms with E-state index >= 15 is 0 Å². The molecular weight excluding hydrogens is 270 g/mol. The Morgan fingerprint density at radius 1 is 1.20 bits per heavy atom. The summed E-state index contributed by atoms with van der Waals surface area (Å²) in [6, 6.07) is 12.9. The lowest BCUT2D eigenvalue weighted by Gasteiger charge is -2.22. The fraction of sp³-hybridized carbons (Fsp3) is 0.412. The van der Waals surface area contributed by atoms with E-state index < -0.39 is 0 Å². The molecule has 2 nitrogen and oxygen atoms in total. The van der Waals surface area contributed by atoms with E-state index in [4.69, 9.17) is 16.0 Å². The summed E-state index contributed by atoms with van der Waals surface area (Å²) >= 11 is 5.94. The molecule has 0 fully saturated rings. The van der Waals surface area contributed by atoms with Gasteiger partial charge in [0.15, 0.2) is 0 Å². The third kappa shape index (κ3) is 4.39. The average molecular weight is 292 g/mol. The molecule has 1 N–H and O–H groups in total. The summed E-state index contributed by atoms with van der Waals surface area (Å²) in [6.07, 6.45) is 4.83. The number of hydrogen-bond acceptors (Lipinski definition) is 2. The van der Waals surface area contributed by atoms with E-state index in [1.54, 1.807) is 6.26 Å². The minimum atomic E-state index is 0.374. The van der Waals surface area contributed by atoms with E-state index in [9.17, 15) is 0 Å².